The molecule has 0 unspecified atom stereocenters. The first-order valence-electron chi connectivity index (χ1n) is 12.5. The Morgan fingerprint density at radius 2 is 0.872 bits per heavy atom. The molecule has 0 fully saturated rings. The Morgan fingerprint density at radius 1 is 0.615 bits per heavy atom. The molecule has 2 aromatic rings. The highest BCUT2D eigenvalue weighted by Gasteiger charge is 2.37. The van der Waals surface area contributed by atoms with Crippen LogP contribution in [-0.2, 0) is 30.1 Å². The third-order valence-corrected chi connectivity index (χ3v) is 9.98. The van der Waals surface area contributed by atoms with E-state index in [9.17, 15) is 34.4 Å². The molecule has 222 valence electrons. The van der Waals surface area contributed by atoms with E-state index in [2.05, 4.69) is 51.3 Å². The molecule has 0 aliphatic carbocycles. The maximum absolute atomic E-state index is 12.6. The van der Waals surface area contributed by atoms with Crippen molar-refractivity contribution in [3.8, 4) is 11.1 Å². The zero-order chi connectivity index (χ0) is 30.3. The molecule has 39 heavy (non-hydrogen) atoms. The number of rotatable bonds is 8. The van der Waals surface area contributed by atoms with Crippen molar-refractivity contribution in [1.29, 1.82) is 0 Å². The first-order valence-corrected chi connectivity index (χ1v) is 16.8. The third kappa shape index (κ3) is 8.36. The van der Waals surface area contributed by atoms with Crippen molar-refractivity contribution < 1.29 is 34.4 Å². The van der Waals surface area contributed by atoms with Gasteiger partial charge >= 0.3 is 0 Å². The van der Waals surface area contributed by atoms with Gasteiger partial charge in [-0.3, -0.25) is 9.11 Å². The quantitative estimate of drug-likeness (QED) is 0.215. The Morgan fingerprint density at radius 3 is 1.05 bits per heavy atom. The summed E-state index contributed by atoms with van der Waals surface area (Å²) < 4.78 is 89.0. The number of fused-ring (bicyclic) bond motifs is 3. The van der Waals surface area contributed by atoms with Crippen molar-refractivity contribution in [1.82, 2.24) is 9.80 Å². The molecule has 0 amide bonds. The van der Waals surface area contributed by atoms with Crippen molar-refractivity contribution in [3.05, 3.63) is 24.3 Å². The van der Waals surface area contributed by atoms with E-state index < -0.39 is 51.2 Å². The summed E-state index contributed by atoms with van der Waals surface area (Å²) in [5.41, 5.74) is 9.62. The van der Waals surface area contributed by atoms with Crippen LogP contribution in [0.4, 0.5) is 11.4 Å². The summed E-state index contributed by atoms with van der Waals surface area (Å²) in [5, 5.41) is 0. The van der Waals surface area contributed by atoms with E-state index in [1.54, 1.807) is 0 Å². The summed E-state index contributed by atoms with van der Waals surface area (Å²) in [6.45, 7) is 20.2. The van der Waals surface area contributed by atoms with Crippen molar-refractivity contribution in [2.45, 2.75) is 61.1 Å². The van der Waals surface area contributed by atoms with Crippen LogP contribution in [0.2, 0.25) is 0 Å². The summed E-state index contributed by atoms with van der Waals surface area (Å²) in [4.78, 5) is 2.53. The maximum Gasteiger partial charge on any atom is 0.296 e. The number of hydrogen-bond acceptors (Lipinski definition) is 10. The van der Waals surface area contributed by atoms with E-state index in [1.807, 2.05) is 0 Å². The first kappa shape index (κ1) is 34.8. The topological polar surface area (TPSA) is 201 Å². The maximum atomic E-state index is 12.6. The minimum Gasteiger partial charge on any atom is -0.398 e. The van der Waals surface area contributed by atoms with Gasteiger partial charge in [0.1, 0.15) is 9.79 Å². The van der Waals surface area contributed by atoms with Crippen molar-refractivity contribution in [2.24, 2.45) is 0 Å². The second-order valence-corrected chi connectivity index (χ2v) is 13.1. The van der Waals surface area contributed by atoms with E-state index >= 15 is 0 Å². The van der Waals surface area contributed by atoms with Gasteiger partial charge in [-0.25, -0.2) is 8.42 Å². The smallest absolute Gasteiger partial charge is 0.296 e. The molecular weight excluding hydrogens is 568 g/mol. The number of sulfone groups is 1. The Kier molecular flexibility index (Phi) is 12.4. The average Bonchev–Trinajstić information content (AvgIpc) is 3.05. The minimum absolute atomic E-state index is 0.193. The second kappa shape index (κ2) is 13.9. The van der Waals surface area contributed by atoms with Crippen LogP contribution < -0.4 is 11.5 Å². The molecule has 0 atom stereocenters. The molecule has 1 aliphatic heterocycles. The van der Waals surface area contributed by atoms with E-state index in [-0.39, 0.29) is 20.9 Å². The van der Waals surface area contributed by atoms with Gasteiger partial charge < -0.3 is 21.3 Å². The van der Waals surface area contributed by atoms with E-state index in [4.69, 9.17) is 11.5 Å². The lowest BCUT2D eigenvalue weighted by atomic mass is 10.1. The van der Waals surface area contributed by atoms with Gasteiger partial charge in [0.2, 0.25) is 9.84 Å². The lowest BCUT2D eigenvalue weighted by molar-refractivity contribution is 0.321. The van der Waals surface area contributed by atoms with Gasteiger partial charge in [-0.2, -0.15) is 16.8 Å². The number of nitrogens with zero attached hydrogens (tertiary/aromatic N) is 2. The molecule has 0 saturated carbocycles. The largest absolute Gasteiger partial charge is 0.398 e. The van der Waals surface area contributed by atoms with Gasteiger partial charge in [0.05, 0.1) is 21.2 Å². The predicted molar refractivity (Wildman–Crippen MR) is 153 cm³/mol. The van der Waals surface area contributed by atoms with Gasteiger partial charge in [0.15, 0.2) is 0 Å². The highest BCUT2D eigenvalue weighted by atomic mass is 32.2. The second-order valence-electron chi connectivity index (χ2n) is 8.46. The highest BCUT2D eigenvalue weighted by molar-refractivity contribution is 7.92. The minimum atomic E-state index is -4.75. The SMILES string of the molecule is CCN(CC)CC.CCN(CC)CC.Nc1cc2c(cc1S(=O)(=O)O)-c1cc(S(=O)(=O)O)c(N)cc1S2(=O)=O. The fraction of sp³-hybridized carbons (Fsp3) is 0.500. The number of nitrogen functional groups attached to an aromatic ring is 2. The van der Waals surface area contributed by atoms with Crippen molar-refractivity contribution >= 4 is 41.4 Å². The summed E-state index contributed by atoms with van der Waals surface area (Å²) in [5.74, 6) is 0. The lowest BCUT2D eigenvalue weighted by Gasteiger charge is -2.13. The molecule has 0 aromatic heterocycles. The number of hydrogen-bond donors (Lipinski definition) is 4. The molecule has 15 heteroatoms. The number of benzene rings is 2. The average molecular weight is 609 g/mol. The zero-order valence-electron chi connectivity index (χ0n) is 23.2. The van der Waals surface area contributed by atoms with Crippen LogP contribution in [-0.4, -0.2) is 83.4 Å². The van der Waals surface area contributed by atoms with Gasteiger partial charge in [0, 0.05) is 11.1 Å². The lowest BCUT2D eigenvalue weighted by Crippen LogP contribution is -2.21. The van der Waals surface area contributed by atoms with Gasteiger partial charge in [-0.1, -0.05) is 41.5 Å². The van der Waals surface area contributed by atoms with Gasteiger partial charge in [-0.05, 0) is 63.5 Å². The monoisotopic (exact) mass is 608 g/mol. The van der Waals surface area contributed by atoms with Crippen LogP contribution in [0.25, 0.3) is 11.1 Å². The Labute approximate surface area is 232 Å². The zero-order valence-corrected chi connectivity index (χ0v) is 25.6. The molecule has 0 bridgehead atoms. The molecule has 0 spiro atoms. The van der Waals surface area contributed by atoms with E-state index in [1.165, 1.54) is 39.3 Å². The summed E-state index contributed by atoms with van der Waals surface area (Å²) in [7, 11) is -13.7. The first-order chi connectivity index (χ1) is 17.9. The molecular formula is C24H40N4O8S3. The van der Waals surface area contributed by atoms with Crippen molar-refractivity contribution in [3.63, 3.8) is 0 Å². The van der Waals surface area contributed by atoms with Gasteiger partial charge in [-0.15, -0.1) is 0 Å². The summed E-state index contributed by atoms with van der Waals surface area (Å²) >= 11 is 0. The van der Waals surface area contributed by atoms with Gasteiger partial charge in [0.25, 0.3) is 20.2 Å². The molecule has 3 rings (SSSR count). The fourth-order valence-corrected chi connectivity index (χ4v) is 6.89. The molecule has 6 N–H and O–H groups in total. The number of anilines is 2. The normalized spacial score (nSPS) is 13.7. The summed E-state index contributed by atoms with van der Waals surface area (Å²) in [6.07, 6.45) is 0. The Hall–Kier alpha value is -2.27. The third-order valence-electron chi connectivity index (χ3n) is 6.33. The number of nitrogens with two attached hydrogens (primary N) is 2. The Balaban J connectivity index is 0.000000449. The van der Waals surface area contributed by atoms with E-state index in [0.29, 0.717) is 0 Å². The molecule has 0 radical (unpaired) electrons. The predicted octanol–water partition coefficient (Wildman–Crippen LogP) is 2.85. The summed E-state index contributed by atoms with van der Waals surface area (Å²) in [6, 6.07) is 3.31. The molecule has 1 heterocycles. The molecule has 0 saturated heterocycles. The highest BCUT2D eigenvalue weighted by Crippen LogP contribution is 2.47. The van der Waals surface area contributed by atoms with Crippen LogP contribution in [0.5, 0.6) is 0 Å². The molecule has 1 aliphatic rings. The van der Waals surface area contributed by atoms with Crippen LogP contribution in [0.3, 0.4) is 0 Å². The van der Waals surface area contributed by atoms with Crippen LogP contribution >= 0.6 is 0 Å². The van der Waals surface area contributed by atoms with Crippen LogP contribution in [0.1, 0.15) is 41.5 Å². The Bertz CT molecular complexity index is 1350. The molecule has 2 aromatic carbocycles. The van der Waals surface area contributed by atoms with Crippen LogP contribution in [0.15, 0.2) is 43.8 Å². The van der Waals surface area contributed by atoms with E-state index in [0.717, 1.165) is 24.3 Å². The van der Waals surface area contributed by atoms with Crippen LogP contribution in [0, 0.1) is 0 Å². The molecule has 12 nitrogen and oxygen atoms in total. The standard InChI is InChI=1S/C12H10N2O8S3.2C6H15N/c13-7-3-9-5(1-11(7)24(17,18)19)6-2-12(25(20,21)22)8(14)4-10(6)23(9,15)16;2*1-4-7(5-2)6-3/h1-4H,13-14H2,(H,17,18,19)(H,20,21,22);2*4-6H2,1-3H3. The van der Waals surface area contributed by atoms with Crippen molar-refractivity contribution in [2.75, 3.05) is 50.7 Å². The fourth-order valence-electron chi connectivity index (χ4n) is 3.92.